The second-order valence-electron chi connectivity index (χ2n) is 5.39. The average molecular weight is 271 g/mol. The van der Waals surface area contributed by atoms with Gasteiger partial charge >= 0.3 is 0 Å². The predicted octanol–water partition coefficient (Wildman–Crippen LogP) is -0.114. The van der Waals surface area contributed by atoms with Gasteiger partial charge < -0.3 is 15.2 Å². The number of carbonyl (C=O) groups is 2. The van der Waals surface area contributed by atoms with Crippen molar-refractivity contribution in [3.8, 4) is 0 Å². The van der Waals surface area contributed by atoms with Crippen molar-refractivity contribution in [1.29, 1.82) is 0 Å². The fourth-order valence-corrected chi connectivity index (χ4v) is 3.31. The Hall–Kier alpha value is -2.17. The summed E-state index contributed by atoms with van der Waals surface area (Å²) in [5, 5.41) is 14.1. The van der Waals surface area contributed by atoms with Crippen molar-refractivity contribution in [3.05, 3.63) is 42.2 Å². The number of fused-ring (bicyclic) bond motifs is 2. The van der Waals surface area contributed by atoms with E-state index in [1.165, 1.54) is 0 Å². The zero-order valence-corrected chi connectivity index (χ0v) is 10.9. The Balaban J connectivity index is 1.68. The molecule has 1 saturated carbocycles. The third kappa shape index (κ3) is 2.19. The molecule has 0 aromatic carbocycles. The largest absolute Gasteiger partial charge is 0.550 e. The predicted molar refractivity (Wildman–Crippen MR) is 68.8 cm³/mol. The Bertz CT molecular complexity index is 555. The van der Waals surface area contributed by atoms with E-state index in [4.69, 9.17) is 0 Å². The van der Waals surface area contributed by atoms with Crippen LogP contribution in [0.5, 0.6) is 0 Å². The minimum Gasteiger partial charge on any atom is -0.550 e. The van der Waals surface area contributed by atoms with Crippen LogP contribution in [0, 0.1) is 23.7 Å². The van der Waals surface area contributed by atoms with Crippen LogP contribution in [-0.4, -0.2) is 16.9 Å². The molecule has 2 aliphatic rings. The van der Waals surface area contributed by atoms with Gasteiger partial charge in [-0.2, -0.15) is 0 Å². The maximum atomic E-state index is 12.3. The highest BCUT2D eigenvalue weighted by atomic mass is 16.4. The number of carbonyl (C=O) groups excluding carboxylic acids is 2. The fourth-order valence-electron chi connectivity index (χ4n) is 3.31. The summed E-state index contributed by atoms with van der Waals surface area (Å²) in [6, 6.07) is 3.63. The van der Waals surface area contributed by atoms with E-state index in [-0.39, 0.29) is 17.7 Å². The van der Waals surface area contributed by atoms with E-state index in [1.54, 1.807) is 12.4 Å². The molecule has 20 heavy (non-hydrogen) atoms. The molecule has 2 bridgehead atoms. The number of aromatic nitrogens is 1. The Kier molecular flexibility index (Phi) is 3.26. The maximum absolute atomic E-state index is 12.3. The standard InChI is InChI=1S/C15H16N2O3/c18-14(17-8-9-3-5-16-6-4-9)12-10-1-2-11(7-10)13(12)15(19)20/h1-6,10-13H,7-8H2,(H,17,18)(H,19,20)/p-1/t10-,11+,12-,13+/m1/s1. The number of pyridine rings is 1. The topological polar surface area (TPSA) is 82.1 Å². The Morgan fingerprint density at radius 3 is 2.50 bits per heavy atom. The summed E-state index contributed by atoms with van der Waals surface area (Å²) in [5.41, 5.74) is 0.942. The molecule has 1 N–H and O–H groups in total. The van der Waals surface area contributed by atoms with E-state index >= 15 is 0 Å². The van der Waals surface area contributed by atoms with Crippen LogP contribution < -0.4 is 10.4 Å². The van der Waals surface area contributed by atoms with Gasteiger partial charge in [0.2, 0.25) is 5.91 Å². The van der Waals surface area contributed by atoms with Crippen molar-refractivity contribution < 1.29 is 14.7 Å². The maximum Gasteiger partial charge on any atom is 0.224 e. The summed E-state index contributed by atoms with van der Waals surface area (Å²) in [4.78, 5) is 27.4. The van der Waals surface area contributed by atoms with Gasteiger partial charge in [0, 0.05) is 30.8 Å². The molecule has 0 radical (unpaired) electrons. The highest BCUT2D eigenvalue weighted by Gasteiger charge is 2.48. The first-order chi connectivity index (χ1) is 9.66. The van der Waals surface area contributed by atoms with Gasteiger partial charge in [-0.25, -0.2) is 0 Å². The monoisotopic (exact) mass is 271 g/mol. The van der Waals surface area contributed by atoms with Crippen molar-refractivity contribution in [2.75, 3.05) is 0 Å². The van der Waals surface area contributed by atoms with E-state index < -0.39 is 17.8 Å². The molecule has 0 spiro atoms. The summed E-state index contributed by atoms with van der Waals surface area (Å²) in [5.74, 6) is -2.54. The molecule has 5 heteroatoms. The van der Waals surface area contributed by atoms with Gasteiger partial charge in [0.25, 0.3) is 0 Å². The van der Waals surface area contributed by atoms with Crippen LogP contribution in [0.3, 0.4) is 0 Å². The summed E-state index contributed by atoms with van der Waals surface area (Å²) >= 11 is 0. The molecule has 1 amide bonds. The number of amides is 1. The zero-order valence-electron chi connectivity index (χ0n) is 10.9. The number of aliphatic carboxylic acids is 1. The molecule has 1 fully saturated rings. The molecule has 4 atom stereocenters. The second kappa shape index (κ2) is 5.07. The minimum absolute atomic E-state index is 0.0281. The summed E-state index contributed by atoms with van der Waals surface area (Å²) < 4.78 is 0. The smallest absolute Gasteiger partial charge is 0.224 e. The van der Waals surface area contributed by atoms with E-state index in [1.807, 2.05) is 24.3 Å². The summed E-state index contributed by atoms with van der Waals surface area (Å²) in [6.45, 7) is 0.388. The van der Waals surface area contributed by atoms with Crippen molar-refractivity contribution >= 4 is 11.9 Å². The molecule has 0 aliphatic heterocycles. The third-order valence-corrected chi connectivity index (χ3v) is 4.25. The van der Waals surface area contributed by atoms with Crippen LogP contribution in [0.1, 0.15) is 12.0 Å². The van der Waals surface area contributed by atoms with Crippen LogP contribution in [0.2, 0.25) is 0 Å². The second-order valence-corrected chi connectivity index (χ2v) is 5.39. The van der Waals surface area contributed by atoms with Crippen LogP contribution in [-0.2, 0) is 16.1 Å². The molecule has 0 unspecified atom stereocenters. The number of hydrogen-bond donors (Lipinski definition) is 1. The van der Waals surface area contributed by atoms with Gasteiger partial charge in [0.15, 0.2) is 0 Å². The van der Waals surface area contributed by atoms with Crippen LogP contribution in [0.25, 0.3) is 0 Å². The van der Waals surface area contributed by atoms with Crippen molar-refractivity contribution in [3.63, 3.8) is 0 Å². The number of nitrogens with one attached hydrogen (secondary N) is 1. The van der Waals surface area contributed by atoms with E-state index in [0.29, 0.717) is 6.54 Å². The molecule has 0 saturated heterocycles. The SMILES string of the molecule is O=C([O-])[C@@H]1[C@H](C(=O)NCc2ccncc2)[C@@H]2C=C[C@H]1C2. The van der Waals surface area contributed by atoms with Gasteiger partial charge in [0.1, 0.15) is 0 Å². The molecule has 1 aromatic rings. The summed E-state index contributed by atoms with van der Waals surface area (Å²) in [7, 11) is 0. The third-order valence-electron chi connectivity index (χ3n) is 4.25. The number of nitrogens with zero attached hydrogens (tertiary/aromatic N) is 1. The molecule has 5 nitrogen and oxygen atoms in total. The molecular weight excluding hydrogens is 256 g/mol. The molecule has 1 aromatic heterocycles. The summed E-state index contributed by atoms with van der Waals surface area (Å²) in [6.07, 6.45) is 7.92. The first-order valence-corrected chi connectivity index (χ1v) is 6.72. The van der Waals surface area contributed by atoms with Crippen LogP contribution >= 0.6 is 0 Å². The number of rotatable bonds is 4. The lowest BCUT2D eigenvalue weighted by Crippen LogP contribution is -2.44. The van der Waals surface area contributed by atoms with Gasteiger partial charge in [0.05, 0.1) is 5.92 Å². The van der Waals surface area contributed by atoms with E-state index in [0.717, 1.165) is 12.0 Å². The fraction of sp³-hybridized carbons (Fsp3) is 0.400. The van der Waals surface area contributed by atoms with Gasteiger partial charge in [-0.1, -0.05) is 12.2 Å². The number of allylic oxidation sites excluding steroid dienone is 2. The van der Waals surface area contributed by atoms with Crippen LogP contribution in [0.15, 0.2) is 36.7 Å². The molecule has 104 valence electrons. The first-order valence-electron chi connectivity index (χ1n) is 6.72. The van der Waals surface area contributed by atoms with Gasteiger partial charge in [-0.15, -0.1) is 0 Å². The quantitative estimate of drug-likeness (QED) is 0.774. The number of carboxylic acid groups (broad SMARTS) is 1. The van der Waals surface area contributed by atoms with Gasteiger partial charge in [-0.3, -0.25) is 9.78 Å². The molecular formula is C15H15N2O3-. The first kappa shape index (κ1) is 12.8. The van der Waals surface area contributed by atoms with Gasteiger partial charge in [-0.05, 0) is 36.0 Å². The van der Waals surface area contributed by atoms with Crippen molar-refractivity contribution in [2.45, 2.75) is 13.0 Å². The van der Waals surface area contributed by atoms with E-state index in [9.17, 15) is 14.7 Å². The Morgan fingerprint density at radius 1 is 1.20 bits per heavy atom. The highest BCUT2D eigenvalue weighted by Crippen LogP contribution is 2.47. The Labute approximate surface area is 116 Å². The number of hydrogen-bond acceptors (Lipinski definition) is 4. The normalized spacial score (nSPS) is 30.4. The lowest BCUT2D eigenvalue weighted by Gasteiger charge is -2.27. The highest BCUT2D eigenvalue weighted by molar-refractivity contribution is 5.86. The Morgan fingerprint density at radius 2 is 1.85 bits per heavy atom. The average Bonchev–Trinajstić information content (AvgIpc) is 3.06. The molecule has 1 heterocycles. The van der Waals surface area contributed by atoms with Crippen molar-refractivity contribution in [1.82, 2.24) is 10.3 Å². The van der Waals surface area contributed by atoms with Crippen molar-refractivity contribution in [2.24, 2.45) is 23.7 Å². The minimum atomic E-state index is -1.12. The van der Waals surface area contributed by atoms with E-state index in [2.05, 4.69) is 10.3 Å². The lowest BCUT2D eigenvalue weighted by atomic mass is 9.82. The lowest BCUT2D eigenvalue weighted by molar-refractivity contribution is -0.313. The number of carboxylic acids is 1. The zero-order chi connectivity index (χ0) is 14.1. The molecule has 3 rings (SSSR count). The molecule has 2 aliphatic carbocycles. The van der Waals surface area contributed by atoms with Crippen LogP contribution in [0.4, 0.5) is 0 Å².